The van der Waals surface area contributed by atoms with Gasteiger partial charge in [-0.2, -0.15) is 0 Å². The second-order valence-electron chi connectivity index (χ2n) is 7.27. The minimum Gasteiger partial charge on any atom is -0.493 e. The van der Waals surface area contributed by atoms with Gasteiger partial charge in [0.05, 0.1) is 19.2 Å². The van der Waals surface area contributed by atoms with Gasteiger partial charge in [-0.25, -0.2) is 0 Å². The molecule has 0 atom stereocenters. The molecule has 0 spiro atoms. The molecule has 4 rings (SSSR count). The summed E-state index contributed by atoms with van der Waals surface area (Å²) in [4.78, 5) is 11.7. The van der Waals surface area contributed by atoms with Gasteiger partial charge in [0.1, 0.15) is 0 Å². The van der Waals surface area contributed by atoms with E-state index < -0.39 is 0 Å². The summed E-state index contributed by atoms with van der Waals surface area (Å²) in [5.74, 6) is 2.13. The Morgan fingerprint density at radius 2 is 1.93 bits per heavy atom. The van der Waals surface area contributed by atoms with Crippen molar-refractivity contribution in [2.45, 2.75) is 32.2 Å². The van der Waals surface area contributed by atoms with Crippen molar-refractivity contribution in [1.82, 2.24) is 14.9 Å². The Balaban J connectivity index is 1.38. The Hall–Kier alpha value is -2.66. The lowest BCUT2D eigenvalue weighted by Gasteiger charge is -2.31. The van der Waals surface area contributed by atoms with Crippen LogP contribution in [0.4, 0.5) is 0 Å². The van der Waals surface area contributed by atoms with Crippen LogP contribution in [0.25, 0.3) is 10.9 Å². The standard InChI is InChI=1S/C23H27N3O2/c1-3-28-22-7-6-17(13-23(22)27-2)16-26-11-8-18(9-12-26)20-14-21-19(15-25-20)5-4-10-24-21/h4-7,10,13-15,18H,3,8-9,11-12,16H2,1-2H3. The fourth-order valence-electron chi connectivity index (χ4n) is 3.93. The SMILES string of the molecule is CCOc1ccc(CN2CCC(c3cc4ncccc4cn3)CC2)cc1OC. The van der Waals surface area contributed by atoms with Gasteiger partial charge in [0.15, 0.2) is 11.5 Å². The van der Waals surface area contributed by atoms with Crippen LogP contribution in [-0.2, 0) is 6.54 Å². The largest absolute Gasteiger partial charge is 0.493 e. The van der Waals surface area contributed by atoms with Gasteiger partial charge in [-0.1, -0.05) is 6.07 Å². The molecule has 28 heavy (non-hydrogen) atoms. The molecule has 3 aromatic rings. The number of aromatic nitrogens is 2. The number of pyridine rings is 2. The fraction of sp³-hybridized carbons (Fsp3) is 0.391. The van der Waals surface area contributed by atoms with Crippen molar-refractivity contribution in [3.8, 4) is 11.5 Å². The molecule has 0 amide bonds. The summed E-state index contributed by atoms with van der Waals surface area (Å²) in [7, 11) is 1.69. The number of hydrogen-bond donors (Lipinski definition) is 0. The van der Waals surface area contributed by atoms with Crippen LogP contribution in [0.1, 0.15) is 36.9 Å². The highest BCUT2D eigenvalue weighted by Gasteiger charge is 2.22. The van der Waals surface area contributed by atoms with Crippen molar-refractivity contribution >= 4 is 10.9 Å². The first kappa shape index (κ1) is 18.7. The Labute approximate surface area is 166 Å². The molecule has 1 aromatic carbocycles. The highest BCUT2D eigenvalue weighted by molar-refractivity contribution is 5.77. The third-order valence-corrected chi connectivity index (χ3v) is 5.45. The summed E-state index contributed by atoms with van der Waals surface area (Å²) in [5.41, 5.74) is 3.47. The summed E-state index contributed by atoms with van der Waals surface area (Å²) in [6.07, 6.45) is 6.05. The van der Waals surface area contributed by atoms with Gasteiger partial charge in [0.2, 0.25) is 0 Å². The van der Waals surface area contributed by atoms with Gasteiger partial charge in [0, 0.05) is 35.9 Å². The molecule has 0 bridgehead atoms. The van der Waals surface area contributed by atoms with Crippen LogP contribution < -0.4 is 9.47 Å². The van der Waals surface area contributed by atoms with E-state index in [0.717, 1.165) is 54.9 Å². The highest BCUT2D eigenvalue weighted by Crippen LogP contribution is 2.31. The zero-order valence-electron chi connectivity index (χ0n) is 16.6. The number of nitrogens with zero attached hydrogens (tertiary/aromatic N) is 3. The van der Waals surface area contributed by atoms with Gasteiger partial charge < -0.3 is 9.47 Å². The predicted octanol–water partition coefficient (Wildman–Crippen LogP) is 4.42. The quantitative estimate of drug-likeness (QED) is 0.636. The van der Waals surface area contributed by atoms with Crippen molar-refractivity contribution in [3.05, 3.63) is 60.0 Å². The molecule has 3 heterocycles. The summed E-state index contributed by atoms with van der Waals surface area (Å²) in [5, 5.41) is 1.10. The van der Waals surface area contributed by atoms with E-state index >= 15 is 0 Å². The van der Waals surface area contributed by atoms with Gasteiger partial charge in [-0.05, 0) is 68.8 Å². The van der Waals surface area contributed by atoms with E-state index in [1.54, 1.807) is 7.11 Å². The number of methoxy groups -OCH3 is 1. The van der Waals surface area contributed by atoms with E-state index in [1.807, 2.05) is 31.5 Å². The first-order chi connectivity index (χ1) is 13.8. The van der Waals surface area contributed by atoms with E-state index in [-0.39, 0.29) is 0 Å². The monoisotopic (exact) mass is 377 g/mol. The van der Waals surface area contributed by atoms with E-state index in [1.165, 1.54) is 11.3 Å². The highest BCUT2D eigenvalue weighted by atomic mass is 16.5. The van der Waals surface area contributed by atoms with Crippen molar-refractivity contribution in [1.29, 1.82) is 0 Å². The first-order valence-corrected chi connectivity index (χ1v) is 9.99. The Kier molecular flexibility index (Phi) is 5.72. The van der Waals surface area contributed by atoms with Crippen molar-refractivity contribution in [2.24, 2.45) is 0 Å². The topological polar surface area (TPSA) is 47.5 Å². The molecule has 0 aliphatic carbocycles. The number of likely N-dealkylation sites (tertiary alicyclic amines) is 1. The Morgan fingerprint density at radius 3 is 2.71 bits per heavy atom. The van der Waals surface area contributed by atoms with Crippen molar-refractivity contribution in [2.75, 3.05) is 26.8 Å². The minimum atomic E-state index is 0.512. The molecule has 1 fully saturated rings. The third-order valence-electron chi connectivity index (χ3n) is 5.45. The molecule has 2 aromatic heterocycles. The molecule has 0 radical (unpaired) electrons. The summed E-state index contributed by atoms with van der Waals surface area (Å²) in [6.45, 7) is 5.70. The summed E-state index contributed by atoms with van der Waals surface area (Å²) in [6, 6.07) is 12.4. The predicted molar refractivity (Wildman–Crippen MR) is 111 cm³/mol. The van der Waals surface area contributed by atoms with Crippen LogP contribution >= 0.6 is 0 Å². The van der Waals surface area contributed by atoms with E-state index in [9.17, 15) is 0 Å². The molecule has 5 nitrogen and oxygen atoms in total. The van der Waals surface area contributed by atoms with Crippen LogP contribution in [0, 0.1) is 0 Å². The lowest BCUT2D eigenvalue weighted by atomic mass is 9.92. The maximum absolute atomic E-state index is 5.62. The molecule has 1 saturated heterocycles. The molecule has 1 aliphatic heterocycles. The van der Waals surface area contributed by atoms with Crippen LogP contribution in [0.5, 0.6) is 11.5 Å². The lowest BCUT2D eigenvalue weighted by molar-refractivity contribution is 0.203. The summed E-state index contributed by atoms with van der Waals surface area (Å²) < 4.78 is 11.1. The van der Waals surface area contributed by atoms with Gasteiger partial charge >= 0.3 is 0 Å². The van der Waals surface area contributed by atoms with Crippen LogP contribution in [0.3, 0.4) is 0 Å². The second kappa shape index (κ2) is 8.57. The van der Waals surface area contributed by atoms with Crippen LogP contribution in [0.15, 0.2) is 48.8 Å². The smallest absolute Gasteiger partial charge is 0.161 e. The average molecular weight is 377 g/mol. The Morgan fingerprint density at radius 1 is 1.07 bits per heavy atom. The molecular formula is C23H27N3O2. The zero-order chi connectivity index (χ0) is 19.3. The average Bonchev–Trinajstić information content (AvgIpc) is 2.75. The number of hydrogen-bond acceptors (Lipinski definition) is 5. The van der Waals surface area contributed by atoms with E-state index in [2.05, 4.69) is 34.1 Å². The number of piperidine rings is 1. The van der Waals surface area contributed by atoms with Gasteiger partial charge in [0.25, 0.3) is 0 Å². The van der Waals surface area contributed by atoms with Crippen LogP contribution in [-0.4, -0.2) is 41.7 Å². The zero-order valence-corrected chi connectivity index (χ0v) is 16.6. The van der Waals surface area contributed by atoms with E-state index in [0.29, 0.717) is 12.5 Å². The molecule has 5 heteroatoms. The minimum absolute atomic E-state index is 0.512. The number of rotatable bonds is 6. The van der Waals surface area contributed by atoms with Gasteiger partial charge in [-0.15, -0.1) is 0 Å². The normalized spacial score (nSPS) is 15.6. The Bertz CT molecular complexity index is 936. The molecule has 0 N–H and O–H groups in total. The number of benzene rings is 1. The summed E-state index contributed by atoms with van der Waals surface area (Å²) >= 11 is 0. The van der Waals surface area contributed by atoms with Crippen molar-refractivity contribution in [3.63, 3.8) is 0 Å². The molecule has 0 unspecified atom stereocenters. The molecule has 146 valence electrons. The lowest BCUT2D eigenvalue weighted by Crippen LogP contribution is -2.32. The van der Waals surface area contributed by atoms with E-state index in [4.69, 9.17) is 14.5 Å². The molecule has 0 saturated carbocycles. The first-order valence-electron chi connectivity index (χ1n) is 9.99. The number of fused-ring (bicyclic) bond motifs is 1. The fourth-order valence-corrected chi connectivity index (χ4v) is 3.93. The third kappa shape index (κ3) is 4.09. The van der Waals surface area contributed by atoms with Crippen LogP contribution in [0.2, 0.25) is 0 Å². The van der Waals surface area contributed by atoms with Gasteiger partial charge in [-0.3, -0.25) is 14.9 Å². The molecule has 1 aliphatic rings. The number of ether oxygens (including phenoxy) is 2. The maximum atomic E-state index is 5.62. The van der Waals surface area contributed by atoms with Crippen molar-refractivity contribution < 1.29 is 9.47 Å². The maximum Gasteiger partial charge on any atom is 0.161 e. The molecular weight excluding hydrogens is 350 g/mol. The second-order valence-corrected chi connectivity index (χ2v) is 7.27.